The van der Waals surface area contributed by atoms with Crippen LogP contribution in [-0.4, -0.2) is 11.9 Å². The van der Waals surface area contributed by atoms with Gasteiger partial charge in [-0.1, -0.05) is 41.5 Å². The summed E-state index contributed by atoms with van der Waals surface area (Å²) in [5, 5.41) is 7.28. The van der Waals surface area contributed by atoms with Gasteiger partial charge in [-0.25, -0.2) is 0 Å². The Morgan fingerprint density at radius 2 is 1.19 bits per heavy atom. The number of nitrogens with one attached hydrogen (secondary N) is 1. The van der Waals surface area contributed by atoms with Crippen molar-refractivity contribution in [3.8, 4) is 0 Å². The Balaban J connectivity index is -0.000000103. The molecule has 0 aliphatic heterocycles. The third-order valence-corrected chi connectivity index (χ3v) is 1.43. The highest BCUT2D eigenvalue weighted by molar-refractivity contribution is 5.95. The zero-order valence-corrected chi connectivity index (χ0v) is 13.0. The van der Waals surface area contributed by atoms with Gasteiger partial charge in [-0.3, -0.25) is 4.99 Å². The van der Waals surface area contributed by atoms with Crippen molar-refractivity contribution in [1.82, 2.24) is 0 Å². The fourth-order valence-electron chi connectivity index (χ4n) is 0.562. The predicted molar refractivity (Wildman–Crippen MR) is 80.0 cm³/mol. The van der Waals surface area contributed by atoms with Crippen LogP contribution < -0.4 is 0 Å². The Morgan fingerprint density at radius 3 is 1.38 bits per heavy atom. The molecule has 16 heavy (non-hydrogen) atoms. The van der Waals surface area contributed by atoms with Crippen molar-refractivity contribution in [3.05, 3.63) is 11.3 Å². The second-order valence-corrected chi connectivity index (χ2v) is 2.22. The number of aliphatic imine (C=N–C) groups is 1. The fourth-order valence-corrected chi connectivity index (χ4v) is 0.562. The quantitative estimate of drug-likeness (QED) is 0.607. The first kappa shape index (κ1) is 24.4. The SMILES string of the molecule is CC.CC.CC.CC=N/C(C)=C(/C)C(C)=N. The molecule has 98 valence electrons. The first-order valence-corrected chi connectivity index (χ1v) is 6.31. The van der Waals surface area contributed by atoms with E-state index in [-0.39, 0.29) is 0 Å². The van der Waals surface area contributed by atoms with Crippen molar-refractivity contribution < 1.29 is 0 Å². The van der Waals surface area contributed by atoms with Crippen molar-refractivity contribution in [2.45, 2.75) is 69.2 Å². The second kappa shape index (κ2) is 23.7. The molecule has 0 aliphatic rings. The lowest BCUT2D eigenvalue weighted by molar-refractivity contribution is 1.24. The van der Waals surface area contributed by atoms with Gasteiger partial charge in [0.25, 0.3) is 0 Å². The van der Waals surface area contributed by atoms with Gasteiger partial charge in [0.15, 0.2) is 0 Å². The largest absolute Gasteiger partial charge is 0.305 e. The molecule has 2 heteroatoms. The smallest absolute Gasteiger partial charge is 0.0415 e. The first-order valence-electron chi connectivity index (χ1n) is 6.31. The van der Waals surface area contributed by atoms with Gasteiger partial charge in [-0.05, 0) is 33.3 Å². The molecule has 0 heterocycles. The van der Waals surface area contributed by atoms with E-state index in [0.29, 0.717) is 5.71 Å². The molecule has 0 aromatic rings. The molecule has 0 fully saturated rings. The molecule has 0 bridgehead atoms. The summed E-state index contributed by atoms with van der Waals surface area (Å²) >= 11 is 0. The monoisotopic (exact) mass is 228 g/mol. The molecule has 0 saturated heterocycles. The molecule has 2 nitrogen and oxygen atoms in total. The highest BCUT2D eigenvalue weighted by atomic mass is 14.7. The molecule has 0 atom stereocenters. The highest BCUT2D eigenvalue weighted by Gasteiger charge is 1.94. The van der Waals surface area contributed by atoms with Crippen LogP contribution >= 0.6 is 0 Å². The van der Waals surface area contributed by atoms with Gasteiger partial charge in [0.1, 0.15) is 0 Å². The number of hydrogen-bond donors (Lipinski definition) is 1. The Morgan fingerprint density at radius 1 is 0.875 bits per heavy atom. The normalized spacial score (nSPS) is 9.62. The molecular weight excluding hydrogens is 196 g/mol. The molecule has 0 aromatic heterocycles. The molecule has 0 spiro atoms. The van der Waals surface area contributed by atoms with E-state index in [1.165, 1.54) is 0 Å². The molecule has 0 amide bonds. The summed E-state index contributed by atoms with van der Waals surface area (Å²) in [6.45, 7) is 19.5. The lowest BCUT2D eigenvalue weighted by Crippen LogP contribution is -1.92. The molecule has 0 saturated carbocycles. The second-order valence-electron chi connectivity index (χ2n) is 2.22. The first-order chi connectivity index (χ1) is 7.59. The Kier molecular flexibility index (Phi) is 36.1. The van der Waals surface area contributed by atoms with E-state index in [0.717, 1.165) is 11.3 Å². The minimum Gasteiger partial charge on any atom is -0.305 e. The number of rotatable bonds is 2. The van der Waals surface area contributed by atoms with Gasteiger partial charge >= 0.3 is 0 Å². The van der Waals surface area contributed by atoms with E-state index in [1.807, 2.05) is 62.3 Å². The van der Waals surface area contributed by atoms with Crippen LogP contribution in [0.4, 0.5) is 0 Å². The summed E-state index contributed by atoms with van der Waals surface area (Å²) < 4.78 is 0. The lowest BCUT2D eigenvalue weighted by Gasteiger charge is -1.98. The summed E-state index contributed by atoms with van der Waals surface area (Å²) in [6.07, 6.45) is 1.74. The minimum atomic E-state index is 0.586. The number of allylic oxidation sites excluding steroid dienone is 2. The number of hydrogen-bond acceptors (Lipinski definition) is 2. The molecule has 0 radical (unpaired) electrons. The summed E-state index contributed by atoms with van der Waals surface area (Å²) in [4.78, 5) is 4.06. The van der Waals surface area contributed by atoms with Gasteiger partial charge in [0.05, 0.1) is 0 Å². The van der Waals surface area contributed by atoms with Crippen molar-refractivity contribution in [1.29, 1.82) is 5.41 Å². The van der Waals surface area contributed by atoms with Gasteiger partial charge in [0.2, 0.25) is 0 Å². The molecule has 0 rings (SSSR count). The molecule has 1 N–H and O–H groups in total. The van der Waals surface area contributed by atoms with Crippen LogP contribution in [0.1, 0.15) is 69.2 Å². The molecule has 0 unspecified atom stereocenters. The molecular formula is C14H32N2. The Hall–Kier alpha value is -0.920. The van der Waals surface area contributed by atoms with E-state index in [4.69, 9.17) is 5.41 Å². The maximum atomic E-state index is 7.28. The summed E-state index contributed by atoms with van der Waals surface area (Å²) in [7, 11) is 0. The van der Waals surface area contributed by atoms with Crippen LogP contribution in [0, 0.1) is 5.41 Å². The van der Waals surface area contributed by atoms with Crippen LogP contribution in [0.15, 0.2) is 16.3 Å². The third kappa shape index (κ3) is 18.8. The summed E-state index contributed by atoms with van der Waals surface area (Å²) in [6, 6.07) is 0. The van der Waals surface area contributed by atoms with Crippen molar-refractivity contribution in [2.24, 2.45) is 4.99 Å². The van der Waals surface area contributed by atoms with Crippen LogP contribution in [0.5, 0.6) is 0 Å². The van der Waals surface area contributed by atoms with Gasteiger partial charge in [-0.2, -0.15) is 0 Å². The summed E-state index contributed by atoms with van der Waals surface area (Å²) in [5.41, 5.74) is 2.47. The van der Waals surface area contributed by atoms with Gasteiger partial charge in [-0.15, -0.1) is 0 Å². The predicted octanol–water partition coefficient (Wildman–Crippen LogP) is 5.49. The van der Waals surface area contributed by atoms with Crippen LogP contribution in [0.25, 0.3) is 0 Å². The zero-order chi connectivity index (χ0) is 14.1. The molecule has 0 aromatic carbocycles. The van der Waals surface area contributed by atoms with Crippen LogP contribution in [-0.2, 0) is 0 Å². The standard InChI is InChI=1S/C8H14N2.3C2H6/c1-5-10-8(4)6(2)7(3)9;3*1-2/h5,9H,1-4H3;3*1-2H3/b8-6-,9-7?,10-5?;;;. The number of nitrogens with zero attached hydrogens (tertiary/aromatic N) is 1. The third-order valence-electron chi connectivity index (χ3n) is 1.43. The Bertz CT molecular complexity index is 189. The van der Waals surface area contributed by atoms with E-state index in [9.17, 15) is 0 Å². The van der Waals surface area contributed by atoms with Crippen molar-refractivity contribution >= 4 is 11.9 Å². The van der Waals surface area contributed by atoms with Crippen LogP contribution in [0.3, 0.4) is 0 Å². The fraction of sp³-hybridized carbons (Fsp3) is 0.714. The average Bonchev–Trinajstić information content (AvgIpc) is 2.36. The van der Waals surface area contributed by atoms with E-state index in [1.54, 1.807) is 13.1 Å². The van der Waals surface area contributed by atoms with E-state index >= 15 is 0 Å². The van der Waals surface area contributed by atoms with Gasteiger partial charge in [0, 0.05) is 17.6 Å². The van der Waals surface area contributed by atoms with E-state index in [2.05, 4.69) is 4.99 Å². The summed E-state index contributed by atoms with van der Waals surface area (Å²) in [5.74, 6) is 0. The Labute approximate surface area is 103 Å². The van der Waals surface area contributed by atoms with Crippen LogP contribution in [0.2, 0.25) is 0 Å². The van der Waals surface area contributed by atoms with Gasteiger partial charge < -0.3 is 5.41 Å². The average molecular weight is 228 g/mol. The minimum absolute atomic E-state index is 0.586. The topological polar surface area (TPSA) is 36.2 Å². The molecule has 0 aliphatic carbocycles. The maximum Gasteiger partial charge on any atom is 0.0415 e. The lowest BCUT2D eigenvalue weighted by atomic mass is 10.2. The van der Waals surface area contributed by atoms with Crippen molar-refractivity contribution in [3.63, 3.8) is 0 Å². The maximum absolute atomic E-state index is 7.28. The van der Waals surface area contributed by atoms with Crippen molar-refractivity contribution in [2.75, 3.05) is 0 Å². The zero-order valence-electron chi connectivity index (χ0n) is 13.0. The van der Waals surface area contributed by atoms with E-state index < -0.39 is 0 Å². The highest BCUT2D eigenvalue weighted by Crippen LogP contribution is 2.04.